The summed E-state index contributed by atoms with van der Waals surface area (Å²) in [6, 6.07) is 15.1. The predicted octanol–water partition coefficient (Wildman–Crippen LogP) is 4.31. The number of benzene rings is 2. The molecule has 0 amide bonds. The third-order valence-corrected chi connectivity index (χ3v) is 3.67. The van der Waals surface area contributed by atoms with Gasteiger partial charge in [0.05, 0.1) is 7.11 Å². The van der Waals surface area contributed by atoms with E-state index in [1.807, 2.05) is 60.9 Å². The molecule has 2 rings (SSSR count). The SMILES string of the molecule is COc1cc(C=CC(=O)c2ccccc2)ccc1SC. The maximum Gasteiger partial charge on any atom is 0.185 e. The van der Waals surface area contributed by atoms with Crippen molar-refractivity contribution in [2.24, 2.45) is 0 Å². The standard InChI is InChI=1S/C17H16O2S/c1-19-16-12-13(9-11-17(16)20-2)8-10-15(18)14-6-4-3-5-7-14/h3-12H,1-2H3. The lowest BCUT2D eigenvalue weighted by Gasteiger charge is -2.06. The highest BCUT2D eigenvalue weighted by atomic mass is 32.2. The van der Waals surface area contributed by atoms with Gasteiger partial charge < -0.3 is 4.74 Å². The van der Waals surface area contributed by atoms with Crippen LogP contribution in [0, 0.1) is 0 Å². The fourth-order valence-corrected chi connectivity index (χ4v) is 2.37. The predicted molar refractivity (Wildman–Crippen MR) is 84.6 cm³/mol. The van der Waals surface area contributed by atoms with Gasteiger partial charge in [0.25, 0.3) is 0 Å². The van der Waals surface area contributed by atoms with Crippen molar-refractivity contribution < 1.29 is 9.53 Å². The third kappa shape index (κ3) is 3.52. The van der Waals surface area contributed by atoms with E-state index in [0.29, 0.717) is 5.56 Å². The van der Waals surface area contributed by atoms with Gasteiger partial charge in [0, 0.05) is 10.5 Å². The fraction of sp³-hybridized carbons (Fsp3) is 0.118. The number of rotatable bonds is 5. The second-order valence-corrected chi connectivity index (χ2v) is 5.03. The highest BCUT2D eigenvalue weighted by Gasteiger charge is 2.03. The average molecular weight is 284 g/mol. The lowest BCUT2D eigenvalue weighted by atomic mass is 10.1. The van der Waals surface area contributed by atoms with Crippen LogP contribution >= 0.6 is 11.8 Å². The molecule has 0 radical (unpaired) electrons. The largest absolute Gasteiger partial charge is 0.496 e. The molecule has 2 nitrogen and oxygen atoms in total. The first kappa shape index (κ1) is 14.4. The first-order valence-corrected chi connectivity index (χ1v) is 7.46. The summed E-state index contributed by atoms with van der Waals surface area (Å²) in [5.41, 5.74) is 1.64. The lowest BCUT2D eigenvalue weighted by molar-refractivity contribution is 0.104. The highest BCUT2D eigenvalue weighted by molar-refractivity contribution is 7.98. The molecule has 0 aliphatic carbocycles. The minimum Gasteiger partial charge on any atom is -0.496 e. The van der Waals surface area contributed by atoms with E-state index in [-0.39, 0.29) is 5.78 Å². The monoisotopic (exact) mass is 284 g/mol. The Kier molecular flexibility index (Phi) is 5.02. The van der Waals surface area contributed by atoms with Gasteiger partial charge in [0.2, 0.25) is 0 Å². The molecule has 3 heteroatoms. The minimum atomic E-state index is -0.00138. The van der Waals surface area contributed by atoms with E-state index in [9.17, 15) is 4.79 Å². The molecule has 102 valence electrons. The Morgan fingerprint density at radius 3 is 2.55 bits per heavy atom. The molecule has 0 heterocycles. The summed E-state index contributed by atoms with van der Waals surface area (Å²) in [6.45, 7) is 0. The van der Waals surface area contributed by atoms with Crippen LogP contribution in [0.5, 0.6) is 5.75 Å². The summed E-state index contributed by atoms with van der Waals surface area (Å²) < 4.78 is 5.33. The van der Waals surface area contributed by atoms with Crippen molar-refractivity contribution in [3.63, 3.8) is 0 Å². The Morgan fingerprint density at radius 2 is 1.90 bits per heavy atom. The molecule has 0 N–H and O–H groups in total. The normalized spacial score (nSPS) is 10.7. The molecule has 0 aliphatic heterocycles. The number of ketones is 1. The van der Waals surface area contributed by atoms with Gasteiger partial charge in [-0.05, 0) is 30.0 Å². The number of carbonyl (C=O) groups is 1. The summed E-state index contributed by atoms with van der Waals surface area (Å²) in [5, 5.41) is 0. The first-order chi connectivity index (χ1) is 9.74. The third-order valence-electron chi connectivity index (χ3n) is 2.89. The molecule has 0 fully saturated rings. The maximum absolute atomic E-state index is 12.0. The smallest absolute Gasteiger partial charge is 0.185 e. The van der Waals surface area contributed by atoms with Gasteiger partial charge in [-0.2, -0.15) is 0 Å². The van der Waals surface area contributed by atoms with Crippen LogP contribution in [0.4, 0.5) is 0 Å². The van der Waals surface area contributed by atoms with Crippen molar-refractivity contribution >= 4 is 23.6 Å². The Morgan fingerprint density at radius 1 is 1.15 bits per heavy atom. The van der Waals surface area contributed by atoms with E-state index in [2.05, 4.69) is 0 Å². The molecule has 0 aromatic heterocycles. The summed E-state index contributed by atoms with van der Waals surface area (Å²) in [5.74, 6) is 0.824. The van der Waals surface area contributed by atoms with Crippen molar-refractivity contribution in [1.82, 2.24) is 0 Å². The van der Waals surface area contributed by atoms with E-state index < -0.39 is 0 Å². The molecule has 0 unspecified atom stereocenters. The average Bonchev–Trinajstić information content (AvgIpc) is 2.53. The molecule has 0 atom stereocenters. The summed E-state index contributed by atoms with van der Waals surface area (Å²) >= 11 is 1.63. The van der Waals surface area contributed by atoms with Crippen molar-refractivity contribution in [3.05, 3.63) is 65.7 Å². The summed E-state index contributed by atoms with van der Waals surface area (Å²) in [7, 11) is 1.65. The molecule has 20 heavy (non-hydrogen) atoms. The number of thioether (sulfide) groups is 1. The van der Waals surface area contributed by atoms with Crippen LogP contribution in [-0.2, 0) is 0 Å². The summed E-state index contributed by atoms with van der Waals surface area (Å²) in [6.07, 6.45) is 5.40. The zero-order valence-corrected chi connectivity index (χ0v) is 12.3. The highest BCUT2D eigenvalue weighted by Crippen LogP contribution is 2.28. The van der Waals surface area contributed by atoms with Crippen LogP contribution in [-0.4, -0.2) is 19.1 Å². The van der Waals surface area contributed by atoms with Crippen LogP contribution in [0.1, 0.15) is 15.9 Å². The number of carbonyl (C=O) groups excluding carboxylic acids is 1. The Labute approximate surface area is 123 Å². The van der Waals surface area contributed by atoms with Crippen LogP contribution in [0.15, 0.2) is 59.5 Å². The number of hydrogen-bond acceptors (Lipinski definition) is 3. The van der Waals surface area contributed by atoms with Crippen molar-refractivity contribution in [2.75, 3.05) is 13.4 Å². The van der Waals surface area contributed by atoms with Gasteiger partial charge in [-0.3, -0.25) is 4.79 Å². The number of ether oxygens (including phenoxy) is 1. The van der Waals surface area contributed by atoms with Crippen LogP contribution < -0.4 is 4.74 Å². The lowest BCUT2D eigenvalue weighted by Crippen LogP contribution is -1.93. The molecule has 0 saturated heterocycles. The summed E-state index contributed by atoms with van der Waals surface area (Å²) in [4.78, 5) is 13.1. The minimum absolute atomic E-state index is 0.00138. The Hall–Kier alpha value is -2.00. The second kappa shape index (κ2) is 6.96. The fourth-order valence-electron chi connectivity index (χ4n) is 1.83. The van der Waals surface area contributed by atoms with Crippen LogP contribution in [0.25, 0.3) is 6.08 Å². The van der Waals surface area contributed by atoms with Gasteiger partial charge in [-0.15, -0.1) is 11.8 Å². The van der Waals surface area contributed by atoms with Crippen molar-refractivity contribution in [2.45, 2.75) is 4.90 Å². The zero-order valence-electron chi connectivity index (χ0n) is 11.5. The molecule has 2 aromatic rings. The van der Waals surface area contributed by atoms with Crippen LogP contribution in [0.2, 0.25) is 0 Å². The molecule has 0 saturated carbocycles. The molecule has 0 aliphatic rings. The van der Waals surface area contributed by atoms with E-state index >= 15 is 0 Å². The van der Waals surface area contributed by atoms with Crippen LogP contribution in [0.3, 0.4) is 0 Å². The topological polar surface area (TPSA) is 26.3 Å². The van der Waals surface area contributed by atoms with Crippen molar-refractivity contribution in [1.29, 1.82) is 0 Å². The molecular weight excluding hydrogens is 268 g/mol. The van der Waals surface area contributed by atoms with Gasteiger partial charge in [0.1, 0.15) is 5.75 Å². The van der Waals surface area contributed by atoms with E-state index in [0.717, 1.165) is 16.2 Å². The zero-order chi connectivity index (χ0) is 14.4. The Balaban J connectivity index is 2.17. The van der Waals surface area contributed by atoms with Gasteiger partial charge in [-0.1, -0.05) is 42.5 Å². The number of allylic oxidation sites excluding steroid dienone is 1. The number of methoxy groups -OCH3 is 1. The molecular formula is C17H16O2S. The van der Waals surface area contributed by atoms with Gasteiger partial charge >= 0.3 is 0 Å². The second-order valence-electron chi connectivity index (χ2n) is 4.18. The quantitative estimate of drug-likeness (QED) is 0.465. The maximum atomic E-state index is 12.0. The molecule has 0 bridgehead atoms. The molecule has 0 spiro atoms. The van der Waals surface area contributed by atoms with Gasteiger partial charge in [-0.25, -0.2) is 0 Å². The van der Waals surface area contributed by atoms with Gasteiger partial charge in [0.15, 0.2) is 5.78 Å². The van der Waals surface area contributed by atoms with Crippen molar-refractivity contribution in [3.8, 4) is 5.75 Å². The van der Waals surface area contributed by atoms with E-state index in [4.69, 9.17) is 4.74 Å². The van der Waals surface area contributed by atoms with E-state index in [1.165, 1.54) is 0 Å². The first-order valence-electron chi connectivity index (χ1n) is 6.24. The number of hydrogen-bond donors (Lipinski definition) is 0. The molecule has 2 aromatic carbocycles. The van der Waals surface area contributed by atoms with E-state index in [1.54, 1.807) is 24.9 Å². The Bertz CT molecular complexity index is 618.